The van der Waals surface area contributed by atoms with Gasteiger partial charge >= 0.3 is 0 Å². The summed E-state index contributed by atoms with van der Waals surface area (Å²) in [6.07, 6.45) is 19.6. The summed E-state index contributed by atoms with van der Waals surface area (Å²) in [4.78, 5) is 0. The molecule has 0 spiro atoms. The van der Waals surface area contributed by atoms with Gasteiger partial charge in [0, 0.05) is 27.8 Å². The zero-order chi connectivity index (χ0) is 16.5. The van der Waals surface area contributed by atoms with E-state index in [1.54, 1.807) is 21.3 Å². The van der Waals surface area contributed by atoms with E-state index < -0.39 is 5.97 Å². The highest BCUT2D eigenvalue weighted by molar-refractivity contribution is 4.81. The first kappa shape index (κ1) is 21.6. The summed E-state index contributed by atoms with van der Waals surface area (Å²) in [5.74, 6) is -0.843. The molecule has 0 rings (SSSR count). The first-order chi connectivity index (χ1) is 10.7. The Labute approximate surface area is 138 Å². The fourth-order valence-corrected chi connectivity index (χ4v) is 2.60. The molecule has 3 nitrogen and oxygen atoms in total. The van der Waals surface area contributed by atoms with Gasteiger partial charge in [-0.25, -0.2) is 0 Å². The minimum atomic E-state index is -0.843. The smallest absolute Gasteiger partial charge is 0.282 e. The molecule has 3 heteroatoms. The summed E-state index contributed by atoms with van der Waals surface area (Å²) in [7, 11) is 4.89. The lowest BCUT2D eigenvalue weighted by atomic mass is 10.1. The Hall–Kier alpha value is -0.380. The molecule has 0 aliphatic heterocycles. The van der Waals surface area contributed by atoms with Crippen LogP contribution in [0.1, 0.15) is 84.0 Å². The van der Waals surface area contributed by atoms with Crippen LogP contribution in [-0.2, 0) is 14.2 Å². The van der Waals surface area contributed by atoms with Crippen molar-refractivity contribution in [3.05, 3.63) is 12.2 Å². The highest BCUT2D eigenvalue weighted by Gasteiger charge is 2.28. The molecule has 0 amide bonds. The fourth-order valence-electron chi connectivity index (χ4n) is 2.60. The Balaban J connectivity index is 3.35. The molecule has 0 saturated heterocycles. The fraction of sp³-hybridized carbons (Fsp3) is 0.895. The zero-order valence-corrected chi connectivity index (χ0v) is 15.4. The van der Waals surface area contributed by atoms with Crippen LogP contribution in [0.5, 0.6) is 0 Å². The summed E-state index contributed by atoms with van der Waals surface area (Å²) in [6, 6.07) is 0. The number of allylic oxidation sites excluding steroid dienone is 2. The van der Waals surface area contributed by atoms with Crippen molar-refractivity contribution in [3.63, 3.8) is 0 Å². The molecule has 0 fully saturated rings. The van der Waals surface area contributed by atoms with Gasteiger partial charge in [-0.2, -0.15) is 0 Å². The van der Waals surface area contributed by atoms with E-state index in [1.807, 2.05) is 0 Å². The molecule has 0 unspecified atom stereocenters. The van der Waals surface area contributed by atoms with E-state index in [-0.39, 0.29) is 0 Å². The van der Waals surface area contributed by atoms with Gasteiger partial charge in [0.25, 0.3) is 5.97 Å². The van der Waals surface area contributed by atoms with Gasteiger partial charge in [-0.15, -0.1) is 0 Å². The van der Waals surface area contributed by atoms with Crippen molar-refractivity contribution >= 4 is 0 Å². The molecule has 0 aliphatic rings. The Kier molecular flexibility index (Phi) is 15.2. The van der Waals surface area contributed by atoms with E-state index in [9.17, 15) is 0 Å². The Morgan fingerprint density at radius 1 is 0.636 bits per heavy atom. The van der Waals surface area contributed by atoms with Crippen LogP contribution in [0.25, 0.3) is 0 Å². The average Bonchev–Trinajstić information content (AvgIpc) is 2.56. The molecule has 0 aromatic carbocycles. The highest BCUT2D eigenvalue weighted by atomic mass is 16.9. The third-order valence-electron chi connectivity index (χ3n) is 4.18. The lowest BCUT2D eigenvalue weighted by Crippen LogP contribution is -2.35. The van der Waals surface area contributed by atoms with Crippen molar-refractivity contribution in [2.75, 3.05) is 21.3 Å². The SMILES string of the molecule is CCCCC=CCCCCCCCCCC(OC)(OC)OC. The zero-order valence-electron chi connectivity index (χ0n) is 15.4. The third kappa shape index (κ3) is 11.2. The van der Waals surface area contributed by atoms with Gasteiger partial charge in [0.1, 0.15) is 0 Å². The van der Waals surface area contributed by atoms with Gasteiger partial charge in [-0.05, 0) is 25.7 Å². The average molecular weight is 315 g/mol. The monoisotopic (exact) mass is 314 g/mol. The predicted octanol–water partition coefficient (Wildman–Crippen LogP) is 5.84. The lowest BCUT2D eigenvalue weighted by molar-refractivity contribution is -0.355. The van der Waals surface area contributed by atoms with Crippen LogP contribution in [0.3, 0.4) is 0 Å². The van der Waals surface area contributed by atoms with Crippen LogP contribution in [0.2, 0.25) is 0 Å². The Morgan fingerprint density at radius 2 is 1.09 bits per heavy atom. The second-order valence-corrected chi connectivity index (χ2v) is 5.92. The predicted molar refractivity (Wildman–Crippen MR) is 94.0 cm³/mol. The largest absolute Gasteiger partial charge is 0.331 e. The maximum absolute atomic E-state index is 5.29. The molecule has 0 aromatic rings. The highest BCUT2D eigenvalue weighted by Crippen LogP contribution is 2.21. The first-order valence-electron chi connectivity index (χ1n) is 9.05. The van der Waals surface area contributed by atoms with Crippen LogP contribution in [0, 0.1) is 0 Å². The van der Waals surface area contributed by atoms with Gasteiger partial charge in [-0.3, -0.25) is 0 Å². The second kappa shape index (κ2) is 15.5. The molecule has 0 aliphatic carbocycles. The molecule has 22 heavy (non-hydrogen) atoms. The quantitative estimate of drug-likeness (QED) is 0.203. The molecule has 0 radical (unpaired) electrons. The summed E-state index contributed by atoms with van der Waals surface area (Å²) in [6.45, 7) is 2.24. The van der Waals surface area contributed by atoms with Crippen molar-refractivity contribution in [1.82, 2.24) is 0 Å². The maximum Gasteiger partial charge on any atom is 0.282 e. The van der Waals surface area contributed by atoms with Gasteiger partial charge in [0.2, 0.25) is 0 Å². The number of unbranched alkanes of at least 4 members (excludes halogenated alkanes) is 9. The summed E-state index contributed by atoms with van der Waals surface area (Å²) in [5.41, 5.74) is 0. The number of hydrogen-bond donors (Lipinski definition) is 0. The summed E-state index contributed by atoms with van der Waals surface area (Å²) in [5, 5.41) is 0. The van der Waals surface area contributed by atoms with E-state index in [1.165, 1.54) is 64.2 Å². The first-order valence-corrected chi connectivity index (χ1v) is 9.05. The van der Waals surface area contributed by atoms with Crippen molar-refractivity contribution in [1.29, 1.82) is 0 Å². The van der Waals surface area contributed by atoms with Gasteiger partial charge < -0.3 is 14.2 Å². The van der Waals surface area contributed by atoms with E-state index in [4.69, 9.17) is 14.2 Å². The molecular weight excluding hydrogens is 276 g/mol. The lowest BCUT2D eigenvalue weighted by Gasteiger charge is -2.28. The molecule has 0 bridgehead atoms. The van der Waals surface area contributed by atoms with Crippen LogP contribution in [0.15, 0.2) is 12.2 Å². The van der Waals surface area contributed by atoms with E-state index in [0.717, 1.165) is 12.8 Å². The number of ether oxygens (including phenoxy) is 3. The standard InChI is InChI=1S/C19H38O3/c1-5-6-7-8-9-10-11-12-13-14-15-16-17-18-19(20-2,21-3)22-4/h8-9H,5-7,10-18H2,1-4H3. The van der Waals surface area contributed by atoms with E-state index >= 15 is 0 Å². The number of hydrogen-bond acceptors (Lipinski definition) is 3. The third-order valence-corrected chi connectivity index (χ3v) is 4.18. The normalized spacial score (nSPS) is 12.4. The van der Waals surface area contributed by atoms with Gasteiger partial charge in [0.05, 0.1) is 0 Å². The minimum Gasteiger partial charge on any atom is -0.331 e. The van der Waals surface area contributed by atoms with Gasteiger partial charge in [-0.1, -0.05) is 64.0 Å². The van der Waals surface area contributed by atoms with Crippen LogP contribution in [0.4, 0.5) is 0 Å². The minimum absolute atomic E-state index is 0.791. The summed E-state index contributed by atoms with van der Waals surface area (Å²) < 4.78 is 15.9. The van der Waals surface area contributed by atoms with Crippen LogP contribution < -0.4 is 0 Å². The molecule has 0 saturated carbocycles. The van der Waals surface area contributed by atoms with Crippen molar-refractivity contribution in [3.8, 4) is 0 Å². The molecule has 0 aromatic heterocycles. The Morgan fingerprint density at radius 3 is 1.59 bits per heavy atom. The number of rotatable bonds is 16. The van der Waals surface area contributed by atoms with Crippen molar-refractivity contribution in [2.45, 2.75) is 89.9 Å². The van der Waals surface area contributed by atoms with Gasteiger partial charge in [0.15, 0.2) is 0 Å². The van der Waals surface area contributed by atoms with E-state index in [0.29, 0.717) is 0 Å². The molecule has 0 heterocycles. The van der Waals surface area contributed by atoms with Crippen molar-refractivity contribution < 1.29 is 14.2 Å². The number of methoxy groups -OCH3 is 3. The second-order valence-electron chi connectivity index (χ2n) is 5.92. The van der Waals surface area contributed by atoms with E-state index in [2.05, 4.69) is 19.1 Å². The topological polar surface area (TPSA) is 27.7 Å². The maximum atomic E-state index is 5.29. The molecule has 0 atom stereocenters. The molecule has 132 valence electrons. The van der Waals surface area contributed by atoms with Crippen molar-refractivity contribution in [2.24, 2.45) is 0 Å². The Bertz CT molecular complexity index is 239. The molecule has 0 N–H and O–H groups in total. The molecular formula is C19H38O3. The van der Waals surface area contributed by atoms with Crippen LogP contribution >= 0.6 is 0 Å². The summed E-state index contributed by atoms with van der Waals surface area (Å²) >= 11 is 0. The van der Waals surface area contributed by atoms with Crippen LogP contribution in [-0.4, -0.2) is 27.3 Å².